The van der Waals surface area contributed by atoms with Crippen molar-refractivity contribution in [2.75, 3.05) is 0 Å². The van der Waals surface area contributed by atoms with Gasteiger partial charge in [-0.3, -0.25) is 4.79 Å². The molecule has 0 unspecified atom stereocenters. The number of hydrogen-bond donors (Lipinski definition) is 1. The summed E-state index contributed by atoms with van der Waals surface area (Å²) in [6, 6.07) is 7.72. The SMILES string of the molecule is O=C(O)CC=C(c1ccc(Cl)cc1)C1CCCCC1. The Morgan fingerprint density at radius 2 is 1.84 bits per heavy atom. The van der Waals surface area contributed by atoms with Gasteiger partial charge in [-0.2, -0.15) is 0 Å². The van der Waals surface area contributed by atoms with E-state index in [1.807, 2.05) is 30.3 Å². The number of allylic oxidation sites excluding steroid dienone is 1. The molecule has 102 valence electrons. The number of carboxylic acid groups (broad SMARTS) is 1. The number of hydrogen-bond acceptors (Lipinski definition) is 1. The molecule has 1 saturated carbocycles. The van der Waals surface area contributed by atoms with Gasteiger partial charge in [0.15, 0.2) is 0 Å². The van der Waals surface area contributed by atoms with Gasteiger partial charge in [0.25, 0.3) is 0 Å². The van der Waals surface area contributed by atoms with Gasteiger partial charge < -0.3 is 5.11 Å². The van der Waals surface area contributed by atoms with Crippen LogP contribution in [0.4, 0.5) is 0 Å². The summed E-state index contributed by atoms with van der Waals surface area (Å²) < 4.78 is 0. The van der Waals surface area contributed by atoms with Crippen LogP contribution in [0, 0.1) is 5.92 Å². The van der Waals surface area contributed by atoms with E-state index in [-0.39, 0.29) is 6.42 Å². The van der Waals surface area contributed by atoms with Crippen LogP contribution < -0.4 is 0 Å². The second kappa shape index (κ2) is 6.76. The Labute approximate surface area is 119 Å². The summed E-state index contributed by atoms with van der Waals surface area (Å²) >= 11 is 5.92. The van der Waals surface area contributed by atoms with Crippen molar-refractivity contribution in [2.45, 2.75) is 38.5 Å². The number of rotatable bonds is 4. The van der Waals surface area contributed by atoms with Gasteiger partial charge in [0.2, 0.25) is 0 Å². The smallest absolute Gasteiger partial charge is 0.307 e. The van der Waals surface area contributed by atoms with Gasteiger partial charge in [0, 0.05) is 5.02 Å². The summed E-state index contributed by atoms with van der Waals surface area (Å²) in [4.78, 5) is 10.8. The van der Waals surface area contributed by atoms with Crippen LogP contribution in [0.25, 0.3) is 5.57 Å². The minimum absolute atomic E-state index is 0.0917. The number of halogens is 1. The lowest BCUT2D eigenvalue weighted by molar-refractivity contribution is -0.135. The van der Waals surface area contributed by atoms with E-state index in [1.54, 1.807) is 0 Å². The molecule has 1 aliphatic rings. The zero-order chi connectivity index (χ0) is 13.7. The van der Waals surface area contributed by atoms with E-state index in [9.17, 15) is 4.79 Å². The molecule has 0 heterocycles. The lowest BCUT2D eigenvalue weighted by atomic mass is 9.80. The van der Waals surface area contributed by atoms with Gasteiger partial charge in [-0.25, -0.2) is 0 Å². The van der Waals surface area contributed by atoms with Gasteiger partial charge in [-0.05, 0) is 42.0 Å². The molecule has 3 heteroatoms. The van der Waals surface area contributed by atoms with Crippen molar-refractivity contribution < 1.29 is 9.90 Å². The van der Waals surface area contributed by atoms with Gasteiger partial charge in [-0.15, -0.1) is 0 Å². The van der Waals surface area contributed by atoms with Gasteiger partial charge >= 0.3 is 5.97 Å². The van der Waals surface area contributed by atoms with Crippen molar-refractivity contribution in [3.05, 3.63) is 40.9 Å². The molecular formula is C16H19ClO2. The van der Waals surface area contributed by atoms with Crippen molar-refractivity contribution in [3.63, 3.8) is 0 Å². The quantitative estimate of drug-likeness (QED) is 0.861. The van der Waals surface area contributed by atoms with Crippen molar-refractivity contribution in [2.24, 2.45) is 5.92 Å². The van der Waals surface area contributed by atoms with Crippen LogP contribution in [0.3, 0.4) is 0 Å². The first kappa shape index (κ1) is 14.1. The average molecular weight is 279 g/mol. The molecule has 0 bridgehead atoms. The van der Waals surface area contributed by atoms with Crippen LogP contribution in [0.2, 0.25) is 5.02 Å². The highest BCUT2D eigenvalue weighted by Gasteiger charge is 2.19. The first-order valence-electron chi connectivity index (χ1n) is 6.84. The van der Waals surface area contributed by atoms with Crippen LogP contribution in [0.15, 0.2) is 30.3 Å². The minimum atomic E-state index is -0.776. The fraction of sp³-hybridized carbons (Fsp3) is 0.438. The largest absolute Gasteiger partial charge is 0.481 e. The topological polar surface area (TPSA) is 37.3 Å². The third-order valence-corrected chi connectivity index (χ3v) is 3.97. The predicted molar refractivity (Wildman–Crippen MR) is 78.3 cm³/mol. The van der Waals surface area contributed by atoms with E-state index in [0.29, 0.717) is 10.9 Å². The Kier molecular flexibility index (Phi) is 5.03. The maximum atomic E-state index is 10.8. The molecule has 2 nitrogen and oxygen atoms in total. The van der Waals surface area contributed by atoms with Crippen molar-refractivity contribution in [3.8, 4) is 0 Å². The molecule has 1 fully saturated rings. The predicted octanol–water partition coefficient (Wildman–Crippen LogP) is 4.78. The third-order valence-electron chi connectivity index (χ3n) is 3.72. The monoisotopic (exact) mass is 278 g/mol. The van der Waals surface area contributed by atoms with E-state index in [0.717, 1.165) is 18.4 Å². The molecular weight excluding hydrogens is 260 g/mol. The number of benzene rings is 1. The molecule has 1 aromatic carbocycles. The summed E-state index contributed by atoms with van der Waals surface area (Å²) in [6.45, 7) is 0. The van der Waals surface area contributed by atoms with Gasteiger partial charge in [-0.1, -0.05) is 49.1 Å². The van der Waals surface area contributed by atoms with Crippen LogP contribution in [-0.4, -0.2) is 11.1 Å². The molecule has 0 atom stereocenters. The van der Waals surface area contributed by atoms with Crippen LogP contribution in [0.1, 0.15) is 44.1 Å². The van der Waals surface area contributed by atoms with E-state index >= 15 is 0 Å². The van der Waals surface area contributed by atoms with Crippen molar-refractivity contribution in [1.82, 2.24) is 0 Å². The van der Waals surface area contributed by atoms with E-state index in [4.69, 9.17) is 16.7 Å². The number of carboxylic acids is 1. The molecule has 0 spiro atoms. The van der Waals surface area contributed by atoms with E-state index in [1.165, 1.54) is 24.8 Å². The Balaban J connectivity index is 2.24. The molecule has 0 radical (unpaired) electrons. The second-order valence-corrected chi connectivity index (χ2v) is 5.54. The Morgan fingerprint density at radius 3 is 2.42 bits per heavy atom. The fourth-order valence-corrected chi connectivity index (χ4v) is 2.90. The summed E-state index contributed by atoms with van der Waals surface area (Å²) in [5.74, 6) is -0.281. The zero-order valence-corrected chi connectivity index (χ0v) is 11.7. The Bertz CT molecular complexity index is 456. The van der Waals surface area contributed by atoms with Crippen LogP contribution in [0.5, 0.6) is 0 Å². The standard InChI is InChI=1S/C16H19ClO2/c17-14-8-6-13(7-9-14)15(10-11-16(18)19)12-4-2-1-3-5-12/h6-10,12H,1-5,11H2,(H,18,19). The summed E-state index contributed by atoms with van der Waals surface area (Å²) in [7, 11) is 0. The lowest BCUT2D eigenvalue weighted by Crippen LogP contribution is -2.09. The zero-order valence-electron chi connectivity index (χ0n) is 10.9. The highest BCUT2D eigenvalue weighted by molar-refractivity contribution is 6.30. The third kappa shape index (κ3) is 4.10. The maximum absolute atomic E-state index is 10.8. The molecule has 0 saturated heterocycles. The molecule has 1 aromatic rings. The van der Waals surface area contributed by atoms with Crippen molar-refractivity contribution in [1.29, 1.82) is 0 Å². The van der Waals surface area contributed by atoms with Crippen LogP contribution >= 0.6 is 11.6 Å². The molecule has 0 aliphatic heterocycles. The lowest BCUT2D eigenvalue weighted by Gasteiger charge is -2.25. The first-order chi connectivity index (χ1) is 9.16. The number of carbonyl (C=O) groups is 1. The Morgan fingerprint density at radius 1 is 1.21 bits per heavy atom. The normalized spacial score (nSPS) is 17.4. The second-order valence-electron chi connectivity index (χ2n) is 5.10. The van der Waals surface area contributed by atoms with E-state index < -0.39 is 5.97 Å². The first-order valence-corrected chi connectivity index (χ1v) is 7.22. The molecule has 1 aliphatic carbocycles. The molecule has 19 heavy (non-hydrogen) atoms. The fourth-order valence-electron chi connectivity index (χ4n) is 2.77. The average Bonchev–Trinajstić information content (AvgIpc) is 2.42. The van der Waals surface area contributed by atoms with Crippen LogP contribution in [-0.2, 0) is 4.79 Å². The van der Waals surface area contributed by atoms with Gasteiger partial charge in [0.1, 0.15) is 0 Å². The Hall–Kier alpha value is -1.28. The maximum Gasteiger partial charge on any atom is 0.307 e. The summed E-state index contributed by atoms with van der Waals surface area (Å²) in [5, 5.41) is 9.60. The summed E-state index contributed by atoms with van der Waals surface area (Å²) in [5.41, 5.74) is 2.29. The van der Waals surface area contributed by atoms with Crippen molar-refractivity contribution >= 4 is 23.1 Å². The molecule has 2 rings (SSSR count). The minimum Gasteiger partial charge on any atom is -0.481 e. The van der Waals surface area contributed by atoms with E-state index in [2.05, 4.69) is 0 Å². The molecule has 0 aromatic heterocycles. The van der Waals surface area contributed by atoms with Gasteiger partial charge in [0.05, 0.1) is 6.42 Å². The molecule has 1 N–H and O–H groups in total. The highest BCUT2D eigenvalue weighted by Crippen LogP contribution is 2.35. The highest BCUT2D eigenvalue weighted by atomic mass is 35.5. The number of aliphatic carboxylic acids is 1. The summed E-state index contributed by atoms with van der Waals surface area (Å²) in [6.07, 6.45) is 8.06. The molecule has 0 amide bonds.